The molecule has 6 nitrogen and oxygen atoms in total. The number of benzene rings is 1. The molecule has 0 unspecified atom stereocenters. The minimum absolute atomic E-state index is 0.0691. The molecule has 0 atom stereocenters. The van der Waals surface area contributed by atoms with Crippen LogP contribution in [0.15, 0.2) is 24.5 Å². The van der Waals surface area contributed by atoms with E-state index in [-0.39, 0.29) is 5.28 Å². The van der Waals surface area contributed by atoms with Gasteiger partial charge >= 0.3 is 0 Å². The number of hydrogen-bond acceptors (Lipinski definition) is 5. The van der Waals surface area contributed by atoms with Crippen LogP contribution in [0.2, 0.25) is 10.3 Å². The lowest BCUT2D eigenvalue weighted by atomic mass is 10.2. The number of aromatic amines is 1. The molecule has 0 aliphatic carbocycles. The van der Waals surface area contributed by atoms with Crippen LogP contribution in [-0.4, -0.2) is 19.9 Å². The maximum atomic E-state index is 8.92. The van der Waals surface area contributed by atoms with Crippen molar-refractivity contribution in [3.8, 4) is 6.07 Å². The molecule has 8 heteroatoms. The van der Waals surface area contributed by atoms with Crippen LogP contribution in [0.25, 0.3) is 11.2 Å². The number of rotatable bonds is 2. The van der Waals surface area contributed by atoms with E-state index in [0.717, 1.165) is 0 Å². The highest BCUT2D eigenvalue weighted by atomic mass is 35.5. The van der Waals surface area contributed by atoms with E-state index in [4.69, 9.17) is 28.5 Å². The van der Waals surface area contributed by atoms with Gasteiger partial charge in [0.25, 0.3) is 0 Å². The summed E-state index contributed by atoms with van der Waals surface area (Å²) in [7, 11) is 0. The predicted molar refractivity (Wildman–Crippen MR) is 76.1 cm³/mol. The standard InChI is InChI=1S/C12H6Cl2N6/c13-7-2-1-6(4-15)3-8(7)18-11-9-10(17-5-16-9)19-12(14)20-11/h1-3,5H,(H2,16,17,18,19,20). The van der Waals surface area contributed by atoms with Crippen LogP contribution in [0.4, 0.5) is 11.5 Å². The molecule has 1 aromatic carbocycles. The summed E-state index contributed by atoms with van der Waals surface area (Å²) in [5, 5.41) is 12.5. The molecule has 0 aliphatic heterocycles. The number of H-pyrrole nitrogens is 1. The fraction of sp³-hybridized carbons (Fsp3) is 0. The lowest BCUT2D eigenvalue weighted by molar-refractivity contribution is 1.20. The van der Waals surface area contributed by atoms with E-state index in [1.165, 1.54) is 6.33 Å². The van der Waals surface area contributed by atoms with Gasteiger partial charge in [-0.1, -0.05) is 11.6 Å². The number of nitrogens with one attached hydrogen (secondary N) is 2. The Morgan fingerprint density at radius 2 is 2.10 bits per heavy atom. The van der Waals surface area contributed by atoms with Gasteiger partial charge in [-0.2, -0.15) is 15.2 Å². The molecule has 0 spiro atoms. The Bertz CT molecular complexity index is 836. The Balaban J connectivity index is 2.09. The first-order chi connectivity index (χ1) is 9.67. The van der Waals surface area contributed by atoms with Crippen LogP contribution in [0, 0.1) is 11.3 Å². The summed E-state index contributed by atoms with van der Waals surface area (Å²) in [6.45, 7) is 0. The number of aromatic nitrogens is 4. The summed E-state index contributed by atoms with van der Waals surface area (Å²) in [6, 6.07) is 6.94. The van der Waals surface area contributed by atoms with E-state index in [1.807, 2.05) is 6.07 Å². The van der Waals surface area contributed by atoms with Gasteiger partial charge in [-0.05, 0) is 29.8 Å². The van der Waals surface area contributed by atoms with Crippen LogP contribution < -0.4 is 5.32 Å². The monoisotopic (exact) mass is 304 g/mol. The van der Waals surface area contributed by atoms with E-state index in [9.17, 15) is 0 Å². The molecule has 0 radical (unpaired) electrons. The van der Waals surface area contributed by atoms with Gasteiger partial charge in [0.2, 0.25) is 5.28 Å². The lowest BCUT2D eigenvalue weighted by Gasteiger charge is -2.08. The Morgan fingerprint density at radius 1 is 1.25 bits per heavy atom. The van der Waals surface area contributed by atoms with Crippen molar-refractivity contribution in [1.29, 1.82) is 5.26 Å². The normalized spacial score (nSPS) is 10.4. The van der Waals surface area contributed by atoms with E-state index >= 15 is 0 Å². The zero-order chi connectivity index (χ0) is 14.1. The minimum atomic E-state index is 0.0691. The third kappa shape index (κ3) is 2.25. The van der Waals surface area contributed by atoms with Gasteiger partial charge < -0.3 is 10.3 Å². The number of anilines is 2. The van der Waals surface area contributed by atoms with E-state index in [2.05, 4.69) is 25.3 Å². The average Bonchev–Trinajstić information content (AvgIpc) is 2.89. The highest BCUT2D eigenvalue weighted by Gasteiger charge is 2.11. The van der Waals surface area contributed by atoms with Crippen LogP contribution in [0.1, 0.15) is 5.56 Å². The molecule has 0 fully saturated rings. The van der Waals surface area contributed by atoms with Crippen molar-refractivity contribution in [3.63, 3.8) is 0 Å². The number of fused-ring (bicyclic) bond motifs is 1. The Labute approximate surface area is 123 Å². The van der Waals surface area contributed by atoms with E-state index in [0.29, 0.717) is 33.3 Å². The van der Waals surface area contributed by atoms with Crippen LogP contribution >= 0.6 is 23.2 Å². The smallest absolute Gasteiger partial charge is 0.226 e. The highest BCUT2D eigenvalue weighted by molar-refractivity contribution is 6.33. The first-order valence-corrected chi connectivity index (χ1v) is 6.26. The second kappa shape index (κ2) is 4.96. The first-order valence-electron chi connectivity index (χ1n) is 5.50. The van der Waals surface area contributed by atoms with Crippen LogP contribution in [0.3, 0.4) is 0 Å². The predicted octanol–water partition coefficient (Wildman–Crippen LogP) is 3.27. The molecule has 3 rings (SSSR count). The molecular formula is C12H6Cl2N6. The van der Waals surface area contributed by atoms with Gasteiger partial charge in [0, 0.05) is 0 Å². The minimum Gasteiger partial charge on any atom is -0.340 e. The number of nitrogens with zero attached hydrogens (tertiary/aromatic N) is 4. The summed E-state index contributed by atoms with van der Waals surface area (Å²) in [6.07, 6.45) is 1.49. The average molecular weight is 305 g/mol. The zero-order valence-electron chi connectivity index (χ0n) is 9.85. The van der Waals surface area contributed by atoms with Crippen molar-refractivity contribution in [1.82, 2.24) is 19.9 Å². The second-order valence-corrected chi connectivity index (χ2v) is 4.62. The van der Waals surface area contributed by atoms with Crippen molar-refractivity contribution < 1.29 is 0 Å². The number of imidazole rings is 1. The fourth-order valence-electron chi connectivity index (χ4n) is 1.72. The van der Waals surface area contributed by atoms with Gasteiger partial charge in [0.05, 0.1) is 28.7 Å². The first kappa shape index (κ1) is 12.7. The van der Waals surface area contributed by atoms with E-state index in [1.54, 1.807) is 18.2 Å². The molecule has 0 amide bonds. The fourth-order valence-corrected chi connectivity index (χ4v) is 2.04. The Morgan fingerprint density at radius 3 is 2.90 bits per heavy atom. The number of hydrogen-bond donors (Lipinski definition) is 2. The Hall–Kier alpha value is -2.36. The van der Waals surface area contributed by atoms with Gasteiger partial charge in [-0.3, -0.25) is 0 Å². The number of nitriles is 1. The van der Waals surface area contributed by atoms with Gasteiger partial charge in [0.1, 0.15) is 5.52 Å². The van der Waals surface area contributed by atoms with Crippen LogP contribution in [0.5, 0.6) is 0 Å². The van der Waals surface area contributed by atoms with E-state index < -0.39 is 0 Å². The van der Waals surface area contributed by atoms with Crippen molar-refractivity contribution >= 4 is 45.9 Å². The summed E-state index contributed by atoms with van der Waals surface area (Å²) in [5.74, 6) is 0.439. The quantitative estimate of drug-likeness (QED) is 0.709. The molecule has 98 valence electrons. The largest absolute Gasteiger partial charge is 0.340 e. The van der Waals surface area contributed by atoms with Gasteiger partial charge in [-0.15, -0.1) is 0 Å². The summed E-state index contributed by atoms with van der Waals surface area (Å²) in [4.78, 5) is 15.0. The van der Waals surface area contributed by atoms with Crippen molar-refractivity contribution in [2.45, 2.75) is 0 Å². The SMILES string of the molecule is N#Cc1ccc(Cl)c(Nc2nc(Cl)nc3nc[nH]c23)c1. The number of halogens is 2. The zero-order valence-corrected chi connectivity index (χ0v) is 11.4. The molecule has 0 aliphatic rings. The van der Waals surface area contributed by atoms with Crippen molar-refractivity contribution in [2.75, 3.05) is 5.32 Å². The maximum Gasteiger partial charge on any atom is 0.226 e. The third-order valence-electron chi connectivity index (χ3n) is 2.61. The highest BCUT2D eigenvalue weighted by Crippen LogP contribution is 2.28. The summed E-state index contributed by atoms with van der Waals surface area (Å²) in [5.41, 5.74) is 2.09. The van der Waals surface area contributed by atoms with Crippen molar-refractivity contribution in [3.05, 3.63) is 40.4 Å². The molecule has 20 heavy (non-hydrogen) atoms. The summed E-state index contributed by atoms with van der Waals surface area (Å²) < 4.78 is 0. The molecule has 2 aromatic heterocycles. The third-order valence-corrected chi connectivity index (χ3v) is 3.11. The topological polar surface area (TPSA) is 90.3 Å². The van der Waals surface area contributed by atoms with Gasteiger partial charge in [0.15, 0.2) is 11.5 Å². The molecule has 2 N–H and O–H groups in total. The molecule has 0 bridgehead atoms. The summed E-state index contributed by atoms with van der Waals surface area (Å²) >= 11 is 11.9. The Kier molecular flexibility index (Phi) is 3.14. The second-order valence-electron chi connectivity index (χ2n) is 3.87. The molecule has 3 aromatic rings. The molecule has 0 saturated carbocycles. The van der Waals surface area contributed by atoms with Gasteiger partial charge in [-0.25, -0.2) is 4.98 Å². The maximum absolute atomic E-state index is 8.92. The lowest BCUT2D eigenvalue weighted by Crippen LogP contribution is -1.98. The molecule has 0 saturated heterocycles. The van der Waals surface area contributed by atoms with Crippen molar-refractivity contribution in [2.24, 2.45) is 0 Å². The van der Waals surface area contributed by atoms with Crippen LogP contribution in [-0.2, 0) is 0 Å². The molecular weight excluding hydrogens is 299 g/mol. The molecule has 2 heterocycles.